The van der Waals surface area contributed by atoms with E-state index in [9.17, 15) is 0 Å². The van der Waals surface area contributed by atoms with Gasteiger partial charge in [-0.15, -0.1) is 0 Å². The van der Waals surface area contributed by atoms with E-state index in [0.717, 1.165) is 72.0 Å². The molecule has 16 rings (SSSR count). The molecule has 0 saturated carbocycles. The van der Waals surface area contributed by atoms with Gasteiger partial charge in [0.15, 0.2) is 0 Å². The highest BCUT2D eigenvalue weighted by atomic mass is 16.1. The normalized spacial score (nSPS) is 14.5. The monoisotopic (exact) mass is 901 g/mol. The van der Waals surface area contributed by atoms with Gasteiger partial charge in [-0.25, -0.2) is 9.97 Å². The Morgan fingerprint density at radius 3 is 1.52 bits per heavy atom. The lowest BCUT2D eigenvalue weighted by molar-refractivity contribution is 0.794. The van der Waals surface area contributed by atoms with Gasteiger partial charge >= 0.3 is 0 Å². The quantitative estimate of drug-likeness (QED) is 0.165. The highest BCUT2D eigenvalue weighted by Crippen LogP contribution is 2.63. The van der Waals surface area contributed by atoms with Gasteiger partial charge in [-0.2, -0.15) is 0 Å². The molecule has 0 fully saturated rings. The van der Waals surface area contributed by atoms with Crippen LogP contribution in [-0.4, -0.2) is 14.4 Å². The van der Waals surface area contributed by atoms with E-state index in [4.69, 9.17) is 9.97 Å². The van der Waals surface area contributed by atoms with Crippen molar-refractivity contribution >= 4 is 38.0 Å². The van der Waals surface area contributed by atoms with Crippen molar-refractivity contribution in [3.05, 3.63) is 280 Å². The van der Waals surface area contributed by atoms with Crippen LogP contribution < -0.4 is 5.56 Å². The van der Waals surface area contributed by atoms with Gasteiger partial charge in [-0.05, 0) is 126 Å². The zero-order valence-corrected chi connectivity index (χ0v) is 38.3. The van der Waals surface area contributed by atoms with Gasteiger partial charge < -0.3 is 0 Å². The third kappa shape index (κ3) is 5.10. The SMILES string of the molecule is O=c1c2ccccc2c2cc(-c3ccc4c(c3)-c3ccccc3C4c3nc(-c4ccccc4)cc(-c4ccccc4)n3)cc3c4cc5c(cc4n1c23)C1(c2ccccc2-c2ccccc21)c1ccccc1-5. The minimum Gasteiger partial charge on any atom is -0.275 e. The first kappa shape index (κ1) is 38.7. The second-order valence-electron chi connectivity index (χ2n) is 19.5. The van der Waals surface area contributed by atoms with Crippen molar-refractivity contribution in [1.82, 2.24) is 14.4 Å². The van der Waals surface area contributed by atoms with Crippen LogP contribution in [0.4, 0.5) is 0 Å². The van der Waals surface area contributed by atoms with Crippen molar-refractivity contribution < 1.29 is 0 Å². The van der Waals surface area contributed by atoms with E-state index >= 15 is 4.79 Å². The van der Waals surface area contributed by atoms with Crippen LogP contribution in [0.3, 0.4) is 0 Å². The zero-order valence-electron chi connectivity index (χ0n) is 38.3. The molecule has 4 heteroatoms. The zero-order chi connectivity index (χ0) is 46.5. The summed E-state index contributed by atoms with van der Waals surface area (Å²) < 4.78 is 2.02. The third-order valence-electron chi connectivity index (χ3n) is 16.0. The van der Waals surface area contributed by atoms with Crippen LogP contribution in [0.5, 0.6) is 0 Å². The van der Waals surface area contributed by atoms with Crippen molar-refractivity contribution in [1.29, 1.82) is 0 Å². The van der Waals surface area contributed by atoms with Crippen molar-refractivity contribution in [3.8, 4) is 67.0 Å². The molecule has 1 atom stereocenters. The second-order valence-corrected chi connectivity index (χ2v) is 19.5. The summed E-state index contributed by atoms with van der Waals surface area (Å²) in [5.41, 5.74) is 22.3. The van der Waals surface area contributed by atoms with Gasteiger partial charge in [0.2, 0.25) is 0 Å². The van der Waals surface area contributed by atoms with Crippen LogP contribution in [0, 0.1) is 0 Å². The Morgan fingerprint density at radius 2 is 0.873 bits per heavy atom. The number of pyridine rings is 1. The van der Waals surface area contributed by atoms with Gasteiger partial charge in [0.05, 0.1) is 33.8 Å². The van der Waals surface area contributed by atoms with Crippen LogP contribution >= 0.6 is 0 Å². The summed E-state index contributed by atoms with van der Waals surface area (Å²) in [7, 11) is 0. The second kappa shape index (κ2) is 14.2. The van der Waals surface area contributed by atoms with E-state index in [-0.39, 0.29) is 11.5 Å². The van der Waals surface area contributed by atoms with Gasteiger partial charge in [0, 0.05) is 32.7 Å². The lowest BCUT2D eigenvalue weighted by atomic mass is 9.70. The lowest BCUT2D eigenvalue weighted by Crippen LogP contribution is -2.26. The minimum atomic E-state index is -0.525. The third-order valence-corrected chi connectivity index (χ3v) is 16.0. The van der Waals surface area contributed by atoms with E-state index in [2.05, 4.69) is 206 Å². The average Bonchev–Trinajstić information content (AvgIpc) is 4.14. The summed E-state index contributed by atoms with van der Waals surface area (Å²) in [6.07, 6.45) is 0. The fourth-order valence-electron chi connectivity index (χ4n) is 13.1. The van der Waals surface area contributed by atoms with Crippen molar-refractivity contribution in [2.75, 3.05) is 0 Å². The molecule has 3 heterocycles. The topological polar surface area (TPSA) is 47.3 Å². The highest BCUT2D eigenvalue weighted by molar-refractivity contribution is 6.22. The minimum absolute atomic E-state index is 0.00624. The number of aromatic nitrogens is 3. The number of fused-ring (bicyclic) bond motifs is 18. The molecule has 0 bridgehead atoms. The van der Waals surface area contributed by atoms with E-state index < -0.39 is 5.41 Å². The molecule has 13 aromatic rings. The summed E-state index contributed by atoms with van der Waals surface area (Å²) in [5.74, 6) is 0.623. The Hall–Kier alpha value is -9.25. The summed E-state index contributed by atoms with van der Waals surface area (Å²) in [5, 5.41) is 4.88. The Labute approximate surface area is 408 Å². The van der Waals surface area contributed by atoms with E-state index in [0.29, 0.717) is 5.39 Å². The van der Waals surface area contributed by atoms with Crippen molar-refractivity contribution in [2.24, 2.45) is 0 Å². The number of benzene rings is 10. The molecule has 4 nitrogen and oxygen atoms in total. The van der Waals surface area contributed by atoms with Crippen LogP contribution in [0.2, 0.25) is 0 Å². The Bertz CT molecular complexity index is 4390. The Balaban J connectivity index is 0.933. The van der Waals surface area contributed by atoms with E-state index in [1.165, 1.54) is 66.8 Å². The number of hydrogen-bond acceptors (Lipinski definition) is 3. The predicted octanol–water partition coefficient (Wildman–Crippen LogP) is 15.5. The number of hydrogen-bond donors (Lipinski definition) is 0. The van der Waals surface area contributed by atoms with Gasteiger partial charge in [0.1, 0.15) is 5.82 Å². The molecule has 1 unspecified atom stereocenters. The Kier molecular flexibility index (Phi) is 7.72. The molecule has 71 heavy (non-hydrogen) atoms. The molecule has 0 N–H and O–H groups in total. The van der Waals surface area contributed by atoms with Crippen molar-refractivity contribution in [3.63, 3.8) is 0 Å². The fourth-order valence-corrected chi connectivity index (χ4v) is 13.1. The summed E-state index contributed by atoms with van der Waals surface area (Å²) in [4.78, 5) is 25.8. The highest BCUT2D eigenvalue weighted by Gasteiger charge is 2.51. The maximum absolute atomic E-state index is 15.1. The molecule has 0 saturated heterocycles. The van der Waals surface area contributed by atoms with Crippen LogP contribution in [0.15, 0.2) is 235 Å². The molecule has 328 valence electrons. The summed E-state index contributed by atoms with van der Waals surface area (Å²) >= 11 is 0. The maximum atomic E-state index is 15.1. The number of nitrogens with zero attached hydrogens (tertiary/aromatic N) is 3. The van der Waals surface area contributed by atoms with Crippen LogP contribution in [0.25, 0.3) is 105 Å². The van der Waals surface area contributed by atoms with E-state index in [1.54, 1.807) is 0 Å². The first-order valence-electron chi connectivity index (χ1n) is 24.5. The largest absolute Gasteiger partial charge is 0.275 e. The molecule has 3 aromatic heterocycles. The maximum Gasteiger partial charge on any atom is 0.263 e. The molecule has 1 spiro atoms. The van der Waals surface area contributed by atoms with E-state index in [1.807, 2.05) is 28.7 Å². The fraction of sp³-hybridized carbons (Fsp3) is 0.0299. The van der Waals surface area contributed by atoms with Crippen LogP contribution in [0.1, 0.15) is 45.1 Å². The lowest BCUT2D eigenvalue weighted by Gasteiger charge is -2.30. The predicted molar refractivity (Wildman–Crippen MR) is 288 cm³/mol. The molecular weight excluding hydrogens is 863 g/mol. The van der Waals surface area contributed by atoms with Gasteiger partial charge in [-0.1, -0.05) is 188 Å². The summed E-state index contributed by atoms with van der Waals surface area (Å²) in [6, 6.07) is 82.9. The van der Waals surface area contributed by atoms with Gasteiger partial charge in [0.25, 0.3) is 5.56 Å². The molecule has 0 aliphatic heterocycles. The molecule has 10 aromatic carbocycles. The summed E-state index contributed by atoms with van der Waals surface area (Å²) in [6.45, 7) is 0. The number of rotatable bonds is 4. The first-order chi connectivity index (χ1) is 35.1. The first-order valence-corrected chi connectivity index (χ1v) is 24.5. The molecule has 0 radical (unpaired) electrons. The van der Waals surface area contributed by atoms with Gasteiger partial charge in [-0.3, -0.25) is 9.20 Å². The molecule has 3 aliphatic carbocycles. The van der Waals surface area contributed by atoms with Crippen molar-refractivity contribution in [2.45, 2.75) is 11.3 Å². The molecule has 0 amide bonds. The Morgan fingerprint density at radius 1 is 0.352 bits per heavy atom. The molecular formula is C67H39N3O. The molecule has 3 aliphatic rings. The standard InChI is InChI=1S/C67H39N3O/c71-66-50-27-10-8-22-44(50)54-34-42(41-31-32-49-51(33-41)43-21-7-9-26-48(43)63(49)65-68-60(39-17-3-1-4-18-39)38-61(69-65)40-19-5-2-6-20-40)35-55-53-36-52-47-25-13-16-30-58(47)67(59(52)37-62(53)70(66)64(54)55)56-28-14-11-23-45(56)46-24-12-15-29-57(46)67/h1-38,63H. The average molecular weight is 902 g/mol. The smallest absolute Gasteiger partial charge is 0.263 e. The van der Waals surface area contributed by atoms with Crippen LogP contribution in [-0.2, 0) is 5.41 Å².